The zero-order valence-electron chi connectivity index (χ0n) is 13.1. The van der Waals surface area contributed by atoms with Gasteiger partial charge in [-0.15, -0.1) is 0 Å². The van der Waals surface area contributed by atoms with Crippen molar-refractivity contribution in [2.24, 2.45) is 0 Å². The van der Waals surface area contributed by atoms with Crippen LogP contribution in [0, 0.1) is 0 Å². The van der Waals surface area contributed by atoms with Crippen LogP contribution in [0.5, 0.6) is 0 Å². The molecule has 5 nitrogen and oxygen atoms in total. The van der Waals surface area contributed by atoms with E-state index in [1.165, 1.54) is 0 Å². The first-order valence-electron chi connectivity index (χ1n) is 7.61. The van der Waals surface area contributed by atoms with Crippen LogP contribution in [0.25, 0.3) is 0 Å². The number of hydrogen-bond donors (Lipinski definition) is 1. The van der Waals surface area contributed by atoms with Crippen LogP contribution < -0.4 is 5.32 Å². The number of nitrogens with one attached hydrogen (secondary N) is 1. The smallest absolute Gasteiger partial charge is 0.110 e. The average Bonchev–Trinajstić information content (AvgIpc) is 2.91. The van der Waals surface area contributed by atoms with Gasteiger partial charge >= 0.3 is 0 Å². The van der Waals surface area contributed by atoms with Crippen molar-refractivity contribution in [2.75, 3.05) is 33.5 Å². The van der Waals surface area contributed by atoms with Crippen LogP contribution in [-0.4, -0.2) is 49.1 Å². The van der Waals surface area contributed by atoms with Crippen LogP contribution in [0.1, 0.15) is 32.5 Å². The Kier molecular flexibility index (Phi) is 9.28. The van der Waals surface area contributed by atoms with Crippen LogP contribution in [0.3, 0.4) is 0 Å². The number of imidazole rings is 1. The summed E-state index contributed by atoms with van der Waals surface area (Å²) in [5.74, 6) is 1.15. The van der Waals surface area contributed by atoms with E-state index in [2.05, 4.69) is 28.7 Å². The third-order valence-electron chi connectivity index (χ3n) is 3.30. The van der Waals surface area contributed by atoms with Gasteiger partial charge in [0.1, 0.15) is 5.82 Å². The molecule has 1 N–H and O–H groups in total. The van der Waals surface area contributed by atoms with Gasteiger partial charge in [-0.2, -0.15) is 0 Å². The van der Waals surface area contributed by atoms with E-state index in [1.54, 1.807) is 7.11 Å². The lowest BCUT2D eigenvalue weighted by Crippen LogP contribution is -2.34. The molecule has 1 atom stereocenters. The largest absolute Gasteiger partial charge is 0.382 e. The van der Waals surface area contributed by atoms with E-state index in [-0.39, 0.29) is 0 Å². The van der Waals surface area contributed by atoms with Gasteiger partial charge in [-0.3, -0.25) is 0 Å². The second kappa shape index (κ2) is 10.8. The van der Waals surface area contributed by atoms with Crippen LogP contribution in [0.2, 0.25) is 0 Å². The van der Waals surface area contributed by atoms with Crippen molar-refractivity contribution in [3.05, 3.63) is 18.2 Å². The maximum atomic E-state index is 5.57. The Bertz CT molecular complexity index is 342. The Morgan fingerprint density at radius 3 is 2.85 bits per heavy atom. The first-order valence-corrected chi connectivity index (χ1v) is 7.61. The van der Waals surface area contributed by atoms with E-state index in [1.807, 2.05) is 12.4 Å². The fourth-order valence-electron chi connectivity index (χ4n) is 2.13. The second-order valence-corrected chi connectivity index (χ2v) is 4.88. The molecule has 1 heterocycles. The first-order chi connectivity index (χ1) is 9.81. The average molecular weight is 283 g/mol. The van der Waals surface area contributed by atoms with Crippen LogP contribution >= 0.6 is 0 Å². The maximum absolute atomic E-state index is 5.57. The van der Waals surface area contributed by atoms with Crippen molar-refractivity contribution in [3.63, 3.8) is 0 Å². The maximum Gasteiger partial charge on any atom is 0.110 e. The lowest BCUT2D eigenvalue weighted by molar-refractivity contribution is 0.0657. The van der Waals surface area contributed by atoms with Gasteiger partial charge in [0.2, 0.25) is 0 Å². The Hall–Kier alpha value is -0.910. The number of methoxy groups -OCH3 is 1. The summed E-state index contributed by atoms with van der Waals surface area (Å²) >= 11 is 0. The molecule has 1 unspecified atom stereocenters. The molecule has 0 fully saturated rings. The molecule has 0 spiro atoms. The Morgan fingerprint density at radius 1 is 1.30 bits per heavy atom. The highest BCUT2D eigenvalue weighted by molar-refractivity contribution is 4.95. The zero-order valence-corrected chi connectivity index (χ0v) is 13.1. The van der Waals surface area contributed by atoms with Crippen molar-refractivity contribution in [3.8, 4) is 0 Å². The predicted molar refractivity (Wildman–Crippen MR) is 81.0 cm³/mol. The van der Waals surface area contributed by atoms with E-state index >= 15 is 0 Å². The second-order valence-electron chi connectivity index (χ2n) is 4.88. The number of hydrogen-bond acceptors (Lipinski definition) is 4. The molecule has 0 bridgehead atoms. The Labute approximate surface area is 122 Å². The number of aromatic nitrogens is 2. The van der Waals surface area contributed by atoms with E-state index in [0.717, 1.165) is 44.8 Å². The minimum Gasteiger partial charge on any atom is -0.382 e. The zero-order chi connectivity index (χ0) is 14.6. The standard InChI is InChI=1S/C15H29N3O2/c1-4-7-16-14(6-10-20-12-11-19-3)13-15-17-8-9-18(15)5-2/h8-9,14,16H,4-7,10-13H2,1-3H3. The highest BCUT2D eigenvalue weighted by atomic mass is 16.5. The van der Waals surface area contributed by atoms with Crippen molar-refractivity contribution in [1.82, 2.24) is 14.9 Å². The Morgan fingerprint density at radius 2 is 2.15 bits per heavy atom. The molecular formula is C15H29N3O2. The van der Waals surface area contributed by atoms with Gasteiger partial charge in [0.15, 0.2) is 0 Å². The van der Waals surface area contributed by atoms with Gasteiger partial charge in [-0.25, -0.2) is 4.98 Å². The molecule has 0 aliphatic heterocycles. The number of nitrogens with zero attached hydrogens (tertiary/aromatic N) is 2. The summed E-state index contributed by atoms with van der Waals surface area (Å²) in [6.07, 6.45) is 7.02. The highest BCUT2D eigenvalue weighted by Crippen LogP contribution is 2.05. The molecule has 116 valence electrons. The fourth-order valence-corrected chi connectivity index (χ4v) is 2.13. The van der Waals surface area contributed by atoms with Gasteiger partial charge < -0.3 is 19.4 Å². The van der Waals surface area contributed by atoms with Crippen molar-refractivity contribution in [1.29, 1.82) is 0 Å². The molecule has 1 aromatic heterocycles. The van der Waals surface area contributed by atoms with Crippen LogP contribution in [-0.2, 0) is 22.4 Å². The summed E-state index contributed by atoms with van der Waals surface area (Å²) in [5.41, 5.74) is 0. The van der Waals surface area contributed by atoms with Crippen molar-refractivity contribution in [2.45, 2.75) is 45.7 Å². The van der Waals surface area contributed by atoms with Crippen molar-refractivity contribution >= 4 is 0 Å². The van der Waals surface area contributed by atoms with E-state index in [9.17, 15) is 0 Å². The molecule has 0 amide bonds. The van der Waals surface area contributed by atoms with Crippen LogP contribution in [0.15, 0.2) is 12.4 Å². The summed E-state index contributed by atoms with van der Waals surface area (Å²) < 4.78 is 12.7. The van der Waals surface area contributed by atoms with Crippen LogP contribution in [0.4, 0.5) is 0 Å². The minimum absolute atomic E-state index is 0.421. The molecule has 0 aliphatic rings. The topological polar surface area (TPSA) is 48.3 Å². The first kappa shape index (κ1) is 17.1. The van der Waals surface area contributed by atoms with E-state index in [4.69, 9.17) is 9.47 Å². The normalized spacial score (nSPS) is 12.8. The third kappa shape index (κ3) is 6.50. The molecular weight excluding hydrogens is 254 g/mol. The summed E-state index contributed by atoms with van der Waals surface area (Å²) in [4.78, 5) is 4.45. The van der Waals surface area contributed by atoms with Gasteiger partial charge in [-0.1, -0.05) is 6.92 Å². The molecule has 0 radical (unpaired) electrons. The molecule has 0 saturated carbocycles. The summed E-state index contributed by atoms with van der Waals surface area (Å²) in [5, 5.41) is 3.59. The summed E-state index contributed by atoms with van der Waals surface area (Å²) in [7, 11) is 1.69. The minimum atomic E-state index is 0.421. The summed E-state index contributed by atoms with van der Waals surface area (Å²) in [6.45, 7) is 8.43. The third-order valence-corrected chi connectivity index (χ3v) is 3.30. The van der Waals surface area contributed by atoms with E-state index in [0.29, 0.717) is 19.3 Å². The highest BCUT2D eigenvalue weighted by Gasteiger charge is 2.12. The molecule has 0 aromatic carbocycles. The lowest BCUT2D eigenvalue weighted by atomic mass is 10.1. The summed E-state index contributed by atoms with van der Waals surface area (Å²) in [6, 6.07) is 0.421. The molecule has 20 heavy (non-hydrogen) atoms. The lowest BCUT2D eigenvalue weighted by Gasteiger charge is -2.18. The monoisotopic (exact) mass is 283 g/mol. The number of aryl methyl sites for hydroxylation is 1. The molecule has 5 heteroatoms. The van der Waals surface area contributed by atoms with E-state index < -0.39 is 0 Å². The van der Waals surface area contributed by atoms with Crippen molar-refractivity contribution < 1.29 is 9.47 Å². The SMILES string of the molecule is CCCNC(CCOCCOC)Cc1nccn1CC. The molecule has 0 aliphatic carbocycles. The molecule has 1 aromatic rings. The number of rotatable bonds is 12. The molecule has 0 saturated heterocycles. The van der Waals surface area contributed by atoms with Gasteiger partial charge in [0.25, 0.3) is 0 Å². The number of ether oxygens (including phenoxy) is 2. The fraction of sp³-hybridized carbons (Fsp3) is 0.800. The predicted octanol–water partition coefficient (Wildman–Crippen LogP) is 1.87. The Balaban J connectivity index is 2.38. The van der Waals surface area contributed by atoms with Gasteiger partial charge in [0.05, 0.1) is 13.2 Å². The molecule has 1 rings (SSSR count). The van der Waals surface area contributed by atoms with Gasteiger partial charge in [0, 0.05) is 45.1 Å². The van der Waals surface area contributed by atoms with Gasteiger partial charge in [-0.05, 0) is 26.3 Å². The quantitative estimate of drug-likeness (QED) is 0.595.